The third kappa shape index (κ3) is 6.79. The summed E-state index contributed by atoms with van der Waals surface area (Å²) >= 11 is 1.28. The first kappa shape index (κ1) is 24.3. The Balaban J connectivity index is 1.61. The molecule has 0 radical (unpaired) electrons. The van der Waals surface area contributed by atoms with Gasteiger partial charge in [0, 0.05) is 17.9 Å². The number of rotatable bonds is 11. The number of aryl methyl sites for hydroxylation is 2. The maximum absolute atomic E-state index is 12.6. The van der Waals surface area contributed by atoms with Gasteiger partial charge in [0.2, 0.25) is 11.8 Å². The molecule has 1 aromatic heterocycles. The number of para-hydroxylation sites is 1. The molecule has 0 spiro atoms. The summed E-state index contributed by atoms with van der Waals surface area (Å²) in [5.41, 5.74) is 3.85. The zero-order chi connectivity index (χ0) is 23.6. The highest BCUT2D eigenvalue weighted by molar-refractivity contribution is 7.99. The Labute approximate surface area is 198 Å². The van der Waals surface area contributed by atoms with Crippen LogP contribution in [0.25, 0.3) is 0 Å². The van der Waals surface area contributed by atoms with E-state index in [4.69, 9.17) is 0 Å². The molecule has 1 heterocycles. The first-order chi connectivity index (χ1) is 16.0. The number of benzene rings is 2. The molecule has 2 amide bonds. The van der Waals surface area contributed by atoms with E-state index < -0.39 is 0 Å². The summed E-state index contributed by atoms with van der Waals surface area (Å²) in [7, 11) is 0. The minimum atomic E-state index is -0.168. The quantitative estimate of drug-likeness (QED) is 0.323. The lowest BCUT2D eigenvalue weighted by Crippen LogP contribution is -2.19. The highest BCUT2D eigenvalue weighted by atomic mass is 32.2. The van der Waals surface area contributed by atoms with Gasteiger partial charge in [-0.25, -0.2) is 0 Å². The van der Waals surface area contributed by atoms with Crippen LogP contribution in [-0.2, 0) is 35.4 Å². The zero-order valence-corrected chi connectivity index (χ0v) is 19.8. The van der Waals surface area contributed by atoms with Crippen molar-refractivity contribution in [2.75, 3.05) is 16.4 Å². The number of thioether (sulfide) groups is 1. The molecular formula is C25H29N5O2S. The predicted molar refractivity (Wildman–Crippen MR) is 134 cm³/mol. The van der Waals surface area contributed by atoms with E-state index >= 15 is 0 Å². The Morgan fingerprint density at radius 3 is 2.45 bits per heavy atom. The highest BCUT2D eigenvalue weighted by Gasteiger charge is 2.17. The lowest BCUT2D eigenvalue weighted by molar-refractivity contribution is -0.116. The van der Waals surface area contributed by atoms with E-state index in [0.717, 1.165) is 29.8 Å². The van der Waals surface area contributed by atoms with Gasteiger partial charge in [-0.1, -0.05) is 62.0 Å². The van der Waals surface area contributed by atoms with Crippen LogP contribution in [0.4, 0.5) is 11.4 Å². The average Bonchev–Trinajstić information content (AvgIpc) is 3.19. The van der Waals surface area contributed by atoms with Gasteiger partial charge < -0.3 is 15.2 Å². The standard InChI is InChI=1S/C25H29N5O2S/c1-4-15-30-22(16-23(31)27-21-10-8-7-9-19(21)6-3)28-29-25(30)33-17-24(32)26-20-13-11-18(5-2)12-14-20/h4,7-14H,1,5-6,15-17H2,2-3H3,(H,26,32)(H,27,31). The van der Waals surface area contributed by atoms with Crippen molar-refractivity contribution in [2.24, 2.45) is 0 Å². The van der Waals surface area contributed by atoms with Crippen molar-refractivity contribution < 1.29 is 9.59 Å². The summed E-state index contributed by atoms with van der Waals surface area (Å²) in [6.07, 6.45) is 3.58. The van der Waals surface area contributed by atoms with Crippen LogP contribution in [0.1, 0.15) is 30.8 Å². The number of carbonyl (C=O) groups is 2. The molecule has 0 unspecified atom stereocenters. The molecule has 3 aromatic rings. The SMILES string of the molecule is C=CCn1c(CC(=O)Nc2ccccc2CC)nnc1SCC(=O)Nc1ccc(CC)cc1. The summed E-state index contributed by atoms with van der Waals surface area (Å²) in [5.74, 6) is 0.409. The van der Waals surface area contributed by atoms with Gasteiger partial charge in [0.1, 0.15) is 5.82 Å². The van der Waals surface area contributed by atoms with E-state index in [-0.39, 0.29) is 24.0 Å². The van der Waals surface area contributed by atoms with Crippen LogP contribution >= 0.6 is 11.8 Å². The van der Waals surface area contributed by atoms with Crippen LogP contribution in [0.5, 0.6) is 0 Å². The molecule has 172 valence electrons. The maximum Gasteiger partial charge on any atom is 0.234 e. The molecule has 8 heteroatoms. The Morgan fingerprint density at radius 1 is 1.00 bits per heavy atom. The van der Waals surface area contributed by atoms with E-state index in [1.54, 1.807) is 6.08 Å². The van der Waals surface area contributed by atoms with E-state index in [0.29, 0.717) is 17.5 Å². The highest BCUT2D eigenvalue weighted by Crippen LogP contribution is 2.20. The maximum atomic E-state index is 12.6. The molecular weight excluding hydrogens is 434 g/mol. The fourth-order valence-electron chi connectivity index (χ4n) is 3.31. The van der Waals surface area contributed by atoms with Crippen LogP contribution < -0.4 is 10.6 Å². The predicted octanol–water partition coefficient (Wildman–Crippen LogP) is 4.50. The number of carbonyl (C=O) groups excluding carboxylic acids is 2. The second-order valence-corrected chi connectivity index (χ2v) is 8.36. The van der Waals surface area contributed by atoms with Crippen molar-refractivity contribution in [2.45, 2.75) is 44.8 Å². The monoisotopic (exact) mass is 463 g/mol. The largest absolute Gasteiger partial charge is 0.325 e. The van der Waals surface area contributed by atoms with Crippen molar-refractivity contribution >= 4 is 35.0 Å². The second kappa shape index (κ2) is 12.0. The lowest BCUT2D eigenvalue weighted by Gasteiger charge is -2.11. The lowest BCUT2D eigenvalue weighted by atomic mass is 10.1. The molecule has 0 saturated heterocycles. The summed E-state index contributed by atoms with van der Waals surface area (Å²) in [4.78, 5) is 25.0. The van der Waals surface area contributed by atoms with Gasteiger partial charge in [-0.15, -0.1) is 16.8 Å². The number of aromatic nitrogens is 3. The van der Waals surface area contributed by atoms with Gasteiger partial charge in [-0.2, -0.15) is 0 Å². The van der Waals surface area contributed by atoms with E-state index in [1.807, 2.05) is 60.0 Å². The number of nitrogens with one attached hydrogen (secondary N) is 2. The number of hydrogen-bond donors (Lipinski definition) is 2. The molecule has 0 saturated carbocycles. The second-order valence-electron chi connectivity index (χ2n) is 7.42. The van der Waals surface area contributed by atoms with Crippen molar-refractivity contribution in [1.29, 1.82) is 0 Å². The van der Waals surface area contributed by atoms with Crippen LogP contribution in [0, 0.1) is 0 Å². The molecule has 0 fully saturated rings. The van der Waals surface area contributed by atoms with Crippen LogP contribution in [0.15, 0.2) is 66.3 Å². The molecule has 7 nitrogen and oxygen atoms in total. The minimum absolute atomic E-state index is 0.0788. The molecule has 2 N–H and O–H groups in total. The summed E-state index contributed by atoms with van der Waals surface area (Å²) in [5, 5.41) is 14.8. The third-order valence-electron chi connectivity index (χ3n) is 5.07. The fourth-order valence-corrected chi connectivity index (χ4v) is 4.08. The molecule has 0 atom stereocenters. The molecule has 2 aromatic carbocycles. The topological polar surface area (TPSA) is 88.9 Å². The summed E-state index contributed by atoms with van der Waals surface area (Å²) in [6.45, 7) is 8.37. The van der Waals surface area contributed by atoms with E-state index in [1.165, 1.54) is 17.3 Å². The van der Waals surface area contributed by atoms with Gasteiger partial charge >= 0.3 is 0 Å². The van der Waals surface area contributed by atoms with Gasteiger partial charge in [0.05, 0.1) is 12.2 Å². The zero-order valence-electron chi connectivity index (χ0n) is 19.0. The summed E-state index contributed by atoms with van der Waals surface area (Å²) < 4.78 is 1.81. The van der Waals surface area contributed by atoms with E-state index in [2.05, 4.69) is 34.3 Å². The van der Waals surface area contributed by atoms with E-state index in [9.17, 15) is 9.59 Å². The average molecular weight is 464 g/mol. The van der Waals surface area contributed by atoms with Gasteiger partial charge in [-0.3, -0.25) is 9.59 Å². The number of anilines is 2. The molecule has 0 aliphatic rings. The summed E-state index contributed by atoms with van der Waals surface area (Å²) in [6, 6.07) is 15.5. The van der Waals surface area contributed by atoms with Crippen LogP contribution in [-0.4, -0.2) is 32.3 Å². The first-order valence-corrected chi connectivity index (χ1v) is 11.9. The number of amides is 2. The van der Waals surface area contributed by atoms with Crippen LogP contribution in [0.2, 0.25) is 0 Å². The number of allylic oxidation sites excluding steroid dienone is 1. The Kier molecular flexibility index (Phi) is 8.83. The van der Waals surface area contributed by atoms with Crippen LogP contribution in [0.3, 0.4) is 0 Å². The van der Waals surface area contributed by atoms with Crippen molar-refractivity contribution in [3.8, 4) is 0 Å². The van der Waals surface area contributed by atoms with Gasteiger partial charge in [0.15, 0.2) is 5.16 Å². The van der Waals surface area contributed by atoms with Crippen molar-refractivity contribution in [1.82, 2.24) is 14.8 Å². The molecule has 0 aliphatic heterocycles. The smallest absolute Gasteiger partial charge is 0.234 e. The van der Waals surface area contributed by atoms with Crippen molar-refractivity contribution in [3.05, 3.63) is 78.1 Å². The Hall–Kier alpha value is -3.39. The Morgan fingerprint density at radius 2 is 1.76 bits per heavy atom. The first-order valence-electron chi connectivity index (χ1n) is 11.0. The molecule has 3 rings (SSSR count). The van der Waals surface area contributed by atoms with Gasteiger partial charge in [-0.05, 0) is 42.2 Å². The normalized spacial score (nSPS) is 10.6. The number of hydrogen-bond acceptors (Lipinski definition) is 5. The third-order valence-corrected chi connectivity index (χ3v) is 6.04. The Bertz CT molecular complexity index is 1110. The van der Waals surface area contributed by atoms with Crippen molar-refractivity contribution in [3.63, 3.8) is 0 Å². The fraction of sp³-hybridized carbons (Fsp3) is 0.280. The number of nitrogens with zero attached hydrogens (tertiary/aromatic N) is 3. The molecule has 33 heavy (non-hydrogen) atoms. The molecule has 0 aliphatic carbocycles. The minimum Gasteiger partial charge on any atom is -0.325 e. The molecule has 0 bridgehead atoms. The van der Waals surface area contributed by atoms with Gasteiger partial charge in [0.25, 0.3) is 0 Å².